The topological polar surface area (TPSA) is 69.0 Å². The molecule has 0 unspecified atom stereocenters. The maximum atomic E-state index is 12.4. The van der Waals surface area contributed by atoms with Gasteiger partial charge in [0.05, 0.1) is 11.8 Å². The van der Waals surface area contributed by atoms with Crippen molar-refractivity contribution in [1.29, 1.82) is 0 Å². The molecule has 0 saturated carbocycles. The third kappa shape index (κ3) is 2.79. The molecule has 6 nitrogen and oxygen atoms in total. The highest BCUT2D eigenvalue weighted by Gasteiger charge is 2.16. The van der Waals surface area contributed by atoms with E-state index >= 15 is 0 Å². The van der Waals surface area contributed by atoms with Gasteiger partial charge >= 0.3 is 0 Å². The Kier molecular flexibility index (Phi) is 4.04. The minimum atomic E-state index is -0.254. The minimum Gasteiger partial charge on any atom is -0.494 e. The average Bonchev–Trinajstić information content (AvgIpc) is 3.11. The van der Waals surface area contributed by atoms with Crippen molar-refractivity contribution in [1.82, 2.24) is 14.8 Å². The van der Waals surface area contributed by atoms with Crippen LogP contribution in [0.2, 0.25) is 0 Å². The van der Waals surface area contributed by atoms with Crippen LogP contribution in [-0.4, -0.2) is 27.8 Å². The molecule has 1 aromatic carbocycles. The molecule has 3 rings (SSSR count). The van der Waals surface area contributed by atoms with Crippen molar-refractivity contribution in [3.8, 4) is 5.75 Å². The third-order valence-electron chi connectivity index (χ3n) is 3.66. The Morgan fingerprint density at radius 2 is 2.17 bits per heavy atom. The number of fused-ring (bicyclic) bond motifs is 1. The van der Waals surface area contributed by atoms with Gasteiger partial charge in [0, 0.05) is 12.2 Å². The molecule has 2 heterocycles. The SMILES string of the molecule is CCn1nc(C(=O)Nc2nc3c(OC)ccc(C)c3s2)cc1C. The number of carbonyl (C=O) groups is 1. The Morgan fingerprint density at radius 1 is 1.39 bits per heavy atom. The van der Waals surface area contributed by atoms with Crippen LogP contribution in [0.15, 0.2) is 18.2 Å². The van der Waals surface area contributed by atoms with Gasteiger partial charge < -0.3 is 4.74 Å². The molecule has 0 bridgehead atoms. The summed E-state index contributed by atoms with van der Waals surface area (Å²) in [6, 6.07) is 5.64. The van der Waals surface area contributed by atoms with Crippen LogP contribution in [0, 0.1) is 13.8 Å². The number of ether oxygens (including phenoxy) is 1. The Labute approximate surface area is 138 Å². The van der Waals surface area contributed by atoms with Crippen LogP contribution in [0.5, 0.6) is 5.75 Å². The number of aryl methyl sites for hydroxylation is 3. The highest BCUT2D eigenvalue weighted by atomic mass is 32.1. The normalized spacial score (nSPS) is 11.0. The van der Waals surface area contributed by atoms with E-state index in [0.717, 1.165) is 28.0 Å². The van der Waals surface area contributed by atoms with Gasteiger partial charge in [0.15, 0.2) is 10.8 Å². The number of amides is 1. The zero-order valence-electron chi connectivity index (χ0n) is 13.5. The van der Waals surface area contributed by atoms with Crippen LogP contribution in [0.4, 0.5) is 5.13 Å². The van der Waals surface area contributed by atoms with Crippen LogP contribution in [0.3, 0.4) is 0 Å². The first-order valence-corrected chi connectivity index (χ1v) is 8.15. The van der Waals surface area contributed by atoms with E-state index in [9.17, 15) is 4.79 Å². The molecule has 120 valence electrons. The van der Waals surface area contributed by atoms with Crippen LogP contribution < -0.4 is 10.1 Å². The van der Waals surface area contributed by atoms with E-state index in [4.69, 9.17) is 4.74 Å². The molecule has 0 atom stereocenters. The Hall–Kier alpha value is -2.41. The minimum absolute atomic E-state index is 0.254. The zero-order chi connectivity index (χ0) is 16.6. The van der Waals surface area contributed by atoms with Crippen molar-refractivity contribution >= 4 is 32.6 Å². The second kappa shape index (κ2) is 6.00. The zero-order valence-corrected chi connectivity index (χ0v) is 14.3. The summed E-state index contributed by atoms with van der Waals surface area (Å²) in [7, 11) is 1.61. The number of nitrogens with one attached hydrogen (secondary N) is 1. The molecule has 0 aliphatic carbocycles. The molecule has 0 radical (unpaired) electrons. The van der Waals surface area contributed by atoms with Crippen molar-refractivity contribution in [3.05, 3.63) is 35.2 Å². The number of hydrogen-bond acceptors (Lipinski definition) is 5. The highest BCUT2D eigenvalue weighted by molar-refractivity contribution is 7.22. The summed E-state index contributed by atoms with van der Waals surface area (Å²) in [5.41, 5.74) is 3.22. The summed E-state index contributed by atoms with van der Waals surface area (Å²) < 4.78 is 8.14. The van der Waals surface area contributed by atoms with Crippen LogP contribution in [-0.2, 0) is 6.54 Å². The smallest absolute Gasteiger partial charge is 0.277 e. The Morgan fingerprint density at radius 3 is 2.83 bits per heavy atom. The van der Waals surface area contributed by atoms with Crippen molar-refractivity contribution < 1.29 is 9.53 Å². The number of rotatable bonds is 4. The van der Waals surface area contributed by atoms with Gasteiger partial charge in [-0.1, -0.05) is 17.4 Å². The lowest BCUT2D eigenvalue weighted by molar-refractivity contribution is 0.102. The van der Waals surface area contributed by atoms with Gasteiger partial charge in [0.2, 0.25) is 0 Å². The van der Waals surface area contributed by atoms with E-state index in [1.807, 2.05) is 32.9 Å². The Bertz CT molecular complexity index is 882. The first-order valence-electron chi connectivity index (χ1n) is 7.33. The van der Waals surface area contributed by atoms with Crippen LogP contribution >= 0.6 is 11.3 Å². The molecular formula is C16H18N4O2S. The molecule has 1 amide bonds. The maximum Gasteiger partial charge on any atom is 0.277 e. The molecule has 0 aliphatic rings. The number of aromatic nitrogens is 3. The molecule has 23 heavy (non-hydrogen) atoms. The van der Waals surface area contributed by atoms with E-state index in [1.165, 1.54) is 11.3 Å². The van der Waals surface area contributed by atoms with Crippen LogP contribution in [0.1, 0.15) is 28.7 Å². The fraction of sp³-hybridized carbons (Fsp3) is 0.312. The number of thiazole rings is 1. The number of hydrogen-bond donors (Lipinski definition) is 1. The van der Waals surface area contributed by atoms with Gasteiger partial charge in [-0.2, -0.15) is 5.10 Å². The second-order valence-electron chi connectivity index (χ2n) is 5.22. The van der Waals surface area contributed by atoms with Crippen LogP contribution in [0.25, 0.3) is 10.2 Å². The van der Waals surface area contributed by atoms with Gasteiger partial charge in [-0.15, -0.1) is 0 Å². The van der Waals surface area contributed by atoms with Crippen molar-refractivity contribution in [3.63, 3.8) is 0 Å². The lowest BCUT2D eigenvalue weighted by atomic mass is 10.2. The molecule has 7 heteroatoms. The highest BCUT2D eigenvalue weighted by Crippen LogP contribution is 2.34. The monoisotopic (exact) mass is 330 g/mol. The second-order valence-corrected chi connectivity index (χ2v) is 6.22. The summed E-state index contributed by atoms with van der Waals surface area (Å²) in [6.45, 7) is 6.66. The van der Waals surface area contributed by atoms with E-state index in [-0.39, 0.29) is 5.91 Å². The van der Waals surface area contributed by atoms with Crippen molar-refractivity contribution in [2.75, 3.05) is 12.4 Å². The Balaban J connectivity index is 1.91. The number of nitrogens with zero attached hydrogens (tertiary/aromatic N) is 3. The molecular weight excluding hydrogens is 312 g/mol. The summed E-state index contributed by atoms with van der Waals surface area (Å²) >= 11 is 1.44. The van der Waals surface area contributed by atoms with Gasteiger partial charge in [-0.3, -0.25) is 14.8 Å². The van der Waals surface area contributed by atoms with E-state index in [1.54, 1.807) is 17.9 Å². The summed E-state index contributed by atoms with van der Waals surface area (Å²) in [5.74, 6) is 0.449. The predicted molar refractivity (Wildman–Crippen MR) is 91.5 cm³/mol. The van der Waals surface area contributed by atoms with Crippen molar-refractivity contribution in [2.24, 2.45) is 0 Å². The molecule has 3 aromatic rings. The summed E-state index contributed by atoms with van der Waals surface area (Å²) in [5, 5.41) is 7.66. The third-order valence-corrected chi connectivity index (χ3v) is 4.76. The van der Waals surface area contributed by atoms with Gasteiger partial charge in [0.25, 0.3) is 5.91 Å². The van der Waals surface area contributed by atoms with E-state index in [0.29, 0.717) is 16.6 Å². The number of methoxy groups -OCH3 is 1. The fourth-order valence-corrected chi connectivity index (χ4v) is 3.38. The molecule has 2 aromatic heterocycles. The fourth-order valence-electron chi connectivity index (χ4n) is 2.43. The first-order chi connectivity index (χ1) is 11.0. The van der Waals surface area contributed by atoms with Gasteiger partial charge in [-0.05, 0) is 38.5 Å². The molecule has 0 spiro atoms. The molecule has 0 fully saturated rings. The van der Waals surface area contributed by atoms with Crippen molar-refractivity contribution in [2.45, 2.75) is 27.3 Å². The lowest BCUT2D eigenvalue weighted by Gasteiger charge is -2.01. The quantitative estimate of drug-likeness (QED) is 0.796. The number of carbonyl (C=O) groups excluding carboxylic acids is 1. The van der Waals surface area contributed by atoms with E-state index in [2.05, 4.69) is 15.4 Å². The standard InChI is InChI=1S/C16H18N4O2S/c1-5-20-10(3)8-11(19-20)15(21)18-16-17-13-12(22-4)7-6-9(2)14(13)23-16/h6-8H,5H2,1-4H3,(H,17,18,21). The van der Waals surface area contributed by atoms with E-state index < -0.39 is 0 Å². The largest absolute Gasteiger partial charge is 0.494 e. The molecule has 0 saturated heterocycles. The summed E-state index contributed by atoms with van der Waals surface area (Å²) in [6.07, 6.45) is 0. The number of anilines is 1. The molecule has 0 aliphatic heterocycles. The summed E-state index contributed by atoms with van der Waals surface area (Å²) in [4.78, 5) is 16.8. The average molecular weight is 330 g/mol. The van der Waals surface area contributed by atoms with Gasteiger partial charge in [0.1, 0.15) is 11.3 Å². The predicted octanol–water partition coefficient (Wildman–Crippen LogP) is 3.39. The van der Waals surface area contributed by atoms with Gasteiger partial charge in [-0.25, -0.2) is 4.98 Å². The maximum absolute atomic E-state index is 12.4. The molecule has 1 N–H and O–H groups in total. The first kappa shape index (κ1) is 15.5. The number of benzene rings is 1. The lowest BCUT2D eigenvalue weighted by Crippen LogP contribution is -2.13.